The molecule has 1 aromatic rings. The summed E-state index contributed by atoms with van der Waals surface area (Å²) in [6, 6.07) is 3.17. The van der Waals surface area contributed by atoms with Crippen molar-refractivity contribution in [3.63, 3.8) is 0 Å². The molecule has 1 atom stereocenters. The predicted molar refractivity (Wildman–Crippen MR) is 64.9 cm³/mol. The monoisotopic (exact) mass is 249 g/mol. The van der Waals surface area contributed by atoms with Crippen molar-refractivity contribution < 1.29 is 14.7 Å². The third kappa shape index (κ3) is 2.58. The number of hydrogen-bond acceptors (Lipinski definition) is 4. The zero-order chi connectivity index (χ0) is 13.1. The molecule has 0 radical (unpaired) electrons. The van der Waals surface area contributed by atoms with Crippen molar-refractivity contribution in [2.45, 2.75) is 12.8 Å². The molecule has 1 saturated heterocycles. The van der Waals surface area contributed by atoms with Crippen molar-refractivity contribution in [1.29, 1.82) is 0 Å². The zero-order valence-electron chi connectivity index (χ0n) is 9.87. The number of pyridine rings is 1. The second-order valence-electron chi connectivity index (χ2n) is 4.41. The molecule has 6 nitrogen and oxygen atoms in total. The summed E-state index contributed by atoms with van der Waals surface area (Å²) < 4.78 is 0. The maximum Gasteiger partial charge on any atom is 0.308 e. The van der Waals surface area contributed by atoms with E-state index in [9.17, 15) is 9.59 Å². The maximum atomic E-state index is 12.1. The summed E-state index contributed by atoms with van der Waals surface area (Å²) in [6.45, 7) is 0.828. The van der Waals surface area contributed by atoms with Crippen LogP contribution in [-0.2, 0) is 4.79 Å². The van der Waals surface area contributed by atoms with Crippen LogP contribution in [0.1, 0.15) is 23.3 Å². The summed E-state index contributed by atoms with van der Waals surface area (Å²) in [5.74, 6) is -1.56. The van der Waals surface area contributed by atoms with Crippen LogP contribution < -0.4 is 5.73 Å². The number of amides is 1. The van der Waals surface area contributed by atoms with E-state index < -0.39 is 11.9 Å². The molecule has 1 amide bonds. The number of carbonyl (C=O) groups excluding carboxylic acids is 1. The molecule has 96 valence electrons. The van der Waals surface area contributed by atoms with Gasteiger partial charge < -0.3 is 15.7 Å². The first-order chi connectivity index (χ1) is 8.58. The lowest BCUT2D eigenvalue weighted by molar-refractivity contribution is -0.143. The predicted octanol–water partition coefficient (Wildman–Crippen LogP) is 0.601. The number of rotatable bonds is 2. The van der Waals surface area contributed by atoms with Crippen molar-refractivity contribution in [3.05, 3.63) is 24.0 Å². The molecule has 6 heteroatoms. The summed E-state index contributed by atoms with van der Waals surface area (Å²) >= 11 is 0. The number of aromatic nitrogens is 1. The van der Waals surface area contributed by atoms with E-state index in [4.69, 9.17) is 10.8 Å². The number of nitrogens with zero attached hydrogens (tertiary/aromatic N) is 2. The Balaban J connectivity index is 2.09. The maximum absolute atomic E-state index is 12.1. The molecule has 1 aliphatic heterocycles. The summed E-state index contributed by atoms with van der Waals surface area (Å²) in [6.07, 6.45) is 2.75. The van der Waals surface area contributed by atoms with Crippen LogP contribution in [0.2, 0.25) is 0 Å². The van der Waals surface area contributed by atoms with Crippen LogP contribution in [0.4, 0.5) is 5.69 Å². The van der Waals surface area contributed by atoms with Gasteiger partial charge in [-0.25, -0.2) is 4.98 Å². The van der Waals surface area contributed by atoms with Gasteiger partial charge in [0, 0.05) is 13.1 Å². The number of nitrogen functional groups attached to an aromatic ring is 1. The standard InChI is InChI=1S/C12H15N3O3/c13-9-3-4-10(14-6-9)11(16)15-5-1-2-8(7-15)12(17)18/h3-4,6,8H,1-2,5,7,13H2,(H,17,18)/t8-/m0/s1. The van der Waals surface area contributed by atoms with Crippen LogP contribution in [0.3, 0.4) is 0 Å². The average molecular weight is 249 g/mol. The van der Waals surface area contributed by atoms with E-state index in [1.165, 1.54) is 6.20 Å². The minimum Gasteiger partial charge on any atom is -0.481 e. The number of carbonyl (C=O) groups is 2. The van der Waals surface area contributed by atoms with Crippen molar-refractivity contribution in [2.75, 3.05) is 18.8 Å². The van der Waals surface area contributed by atoms with Crippen LogP contribution in [0, 0.1) is 5.92 Å². The van der Waals surface area contributed by atoms with Gasteiger partial charge in [0.05, 0.1) is 17.8 Å². The lowest BCUT2D eigenvalue weighted by Crippen LogP contribution is -2.42. The van der Waals surface area contributed by atoms with Gasteiger partial charge in [-0.15, -0.1) is 0 Å². The number of nitrogens with two attached hydrogens (primary N) is 1. The molecule has 1 fully saturated rings. The second kappa shape index (κ2) is 5.03. The van der Waals surface area contributed by atoms with Gasteiger partial charge in [-0.2, -0.15) is 0 Å². The number of piperidine rings is 1. The van der Waals surface area contributed by atoms with E-state index in [0.717, 1.165) is 0 Å². The first-order valence-electron chi connectivity index (χ1n) is 5.81. The van der Waals surface area contributed by atoms with Gasteiger partial charge in [-0.05, 0) is 25.0 Å². The van der Waals surface area contributed by atoms with Gasteiger partial charge in [-0.1, -0.05) is 0 Å². The Morgan fingerprint density at radius 1 is 1.44 bits per heavy atom. The number of carboxylic acid groups (broad SMARTS) is 1. The SMILES string of the molecule is Nc1ccc(C(=O)N2CCC[C@H](C(=O)O)C2)nc1. The molecule has 2 heterocycles. The Labute approximate surface area is 104 Å². The summed E-state index contributed by atoms with van der Waals surface area (Å²) in [5.41, 5.74) is 6.30. The fraction of sp³-hybridized carbons (Fsp3) is 0.417. The summed E-state index contributed by atoms with van der Waals surface area (Å²) in [7, 11) is 0. The molecular weight excluding hydrogens is 234 g/mol. The normalized spacial score (nSPS) is 19.6. The van der Waals surface area contributed by atoms with E-state index in [1.807, 2.05) is 0 Å². The number of hydrogen-bond donors (Lipinski definition) is 2. The average Bonchev–Trinajstić information content (AvgIpc) is 2.39. The lowest BCUT2D eigenvalue weighted by atomic mass is 9.98. The van der Waals surface area contributed by atoms with Gasteiger partial charge in [0.15, 0.2) is 0 Å². The molecular formula is C12H15N3O3. The van der Waals surface area contributed by atoms with Crippen LogP contribution in [0.25, 0.3) is 0 Å². The molecule has 0 saturated carbocycles. The Bertz CT molecular complexity index is 458. The molecule has 0 aromatic carbocycles. The van der Waals surface area contributed by atoms with Crippen molar-refractivity contribution in [3.8, 4) is 0 Å². The quantitative estimate of drug-likeness (QED) is 0.800. The highest BCUT2D eigenvalue weighted by molar-refractivity contribution is 5.92. The van der Waals surface area contributed by atoms with Gasteiger partial charge in [0.1, 0.15) is 5.69 Å². The van der Waals surface area contributed by atoms with Gasteiger partial charge in [-0.3, -0.25) is 9.59 Å². The first-order valence-corrected chi connectivity index (χ1v) is 5.81. The number of anilines is 1. The molecule has 18 heavy (non-hydrogen) atoms. The van der Waals surface area contributed by atoms with Crippen molar-refractivity contribution in [2.24, 2.45) is 5.92 Å². The highest BCUT2D eigenvalue weighted by Gasteiger charge is 2.28. The first kappa shape index (κ1) is 12.3. The number of likely N-dealkylation sites (tertiary alicyclic amines) is 1. The van der Waals surface area contributed by atoms with Crippen molar-refractivity contribution in [1.82, 2.24) is 9.88 Å². The Morgan fingerprint density at radius 2 is 2.22 bits per heavy atom. The number of carboxylic acids is 1. The molecule has 1 aromatic heterocycles. The lowest BCUT2D eigenvalue weighted by Gasteiger charge is -2.30. The topological polar surface area (TPSA) is 96.5 Å². The highest BCUT2D eigenvalue weighted by atomic mass is 16.4. The number of aliphatic carboxylic acids is 1. The van der Waals surface area contributed by atoms with Gasteiger partial charge in [0.2, 0.25) is 0 Å². The fourth-order valence-electron chi connectivity index (χ4n) is 2.06. The van der Waals surface area contributed by atoms with Crippen LogP contribution in [-0.4, -0.2) is 40.0 Å². The minimum atomic E-state index is -0.849. The molecule has 0 bridgehead atoms. The molecule has 0 unspecified atom stereocenters. The van der Waals surface area contributed by atoms with Crippen LogP contribution in [0.15, 0.2) is 18.3 Å². The van der Waals surface area contributed by atoms with E-state index in [1.54, 1.807) is 17.0 Å². The highest BCUT2D eigenvalue weighted by Crippen LogP contribution is 2.18. The van der Waals surface area contributed by atoms with Crippen LogP contribution in [0.5, 0.6) is 0 Å². The molecule has 2 rings (SSSR count). The van der Waals surface area contributed by atoms with Gasteiger partial charge >= 0.3 is 5.97 Å². The second-order valence-corrected chi connectivity index (χ2v) is 4.41. The smallest absolute Gasteiger partial charge is 0.308 e. The molecule has 3 N–H and O–H groups in total. The van der Waals surface area contributed by atoms with Crippen molar-refractivity contribution >= 4 is 17.6 Å². The minimum absolute atomic E-state index is 0.235. The fourth-order valence-corrected chi connectivity index (χ4v) is 2.06. The van der Waals surface area contributed by atoms with E-state index in [-0.39, 0.29) is 12.5 Å². The zero-order valence-corrected chi connectivity index (χ0v) is 9.87. The van der Waals surface area contributed by atoms with Crippen LogP contribution >= 0.6 is 0 Å². The van der Waals surface area contributed by atoms with E-state index >= 15 is 0 Å². The molecule has 0 spiro atoms. The largest absolute Gasteiger partial charge is 0.481 e. The summed E-state index contributed by atoms with van der Waals surface area (Å²) in [4.78, 5) is 28.5. The van der Waals surface area contributed by atoms with E-state index in [0.29, 0.717) is 30.8 Å². The third-order valence-corrected chi connectivity index (χ3v) is 3.06. The Hall–Kier alpha value is -2.11. The van der Waals surface area contributed by atoms with E-state index in [2.05, 4.69) is 4.98 Å². The molecule has 1 aliphatic rings. The summed E-state index contributed by atoms with van der Waals surface area (Å²) in [5, 5.41) is 8.97. The third-order valence-electron chi connectivity index (χ3n) is 3.06. The Morgan fingerprint density at radius 3 is 2.83 bits per heavy atom. The Kier molecular flexibility index (Phi) is 3.45. The van der Waals surface area contributed by atoms with Gasteiger partial charge in [0.25, 0.3) is 5.91 Å². The molecule has 0 aliphatic carbocycles.